The first-order valence-corrected chi connectivity index (χ1v) is 6.16. The molecule has 0 aromatic carbocycles. The fraction of sp³-hybridized carbons (Fsp3) is 0.833. The molecule has 0 aromatic rings. The van der Waals surface area contributed by atoms with Crippen LogP contribution in [0.2, 0.25) is 0 Å². The molecule has 0 atom stereocenters. The van der Waals surface area contributed by atoms with Crippen molar-refractivity contribution in [2.24, 2.45) is 9.98 Å². The molecule has 0 amide bonds. The van der Waals surface area contributed by atoms with Gasteiger partial charge in [0.1, 0.15) is 0 Å². The maximum absolute atomic E-state index is 10.0. The van der Waals surface area contributed by atoms with E-state index in [-0.39, 0.29) is 12.1 Å². The molecule has 0 spiro atoms. The number of hydroxylamine groups is 2. The monoisotopic (exact) mass is 257 g/mol. The summed E-state index contributed by atoms with van der Waals surface area (Å²) in [4.78, 5) is 12.5. The van der Waals surface area contributed by atoms with Crippen LogP contribution in [0.3, 0.4) is 0 Å². The predicted molar refractivity (Wildman–Crippen MR) is 76.1 cm³/mol. The van der Waals surface area contributed by atoms with Crippen molar-refractivity contribution in [3.8, 4) is 0 Å². The zero-order valence-corrected chi connectivity index (χ0v) is 12.8. The summed E-state index contributed by atoms with van der Waals surface area (Å²) in [6.45, 7) is 7.68. The van der Waals surface area contributed by atoms with Gasteiger partial charge in [-0.1, -0.05) is 0 Å². The second-order valence-corrected chi connectivity index (χ2v) is 5.16. The maximum Gasteiger partial charge on any atom is 0.248 e. The van der Waals surface area contributed by atoms with E-state index < -0.39 is 0 Å². The molecule has 106 valence electrons. The van der Waals surface area contributed by atoms with E-state index in [0.29, 0.717) is 5.96 Å². The molecular weight excluding hydrogens is 230 g/mol. The van der Waals surface area contributed by atoms with Crippen LogP contribution in [0.5, 0.6) is 0 Å². The number of hydrogen-bond donors (Lipinski definition) is 1. The van der Waals surface area contributed by atoms with E-state index in [1.54, 1.807) is 0 Å². The van der Waals surface area contributed by atoms with Crippen LogP contribution in [0.4, 0.5) is 0 Å². The topological polar surface area (TPSA) is 54.7 Å². The Hall–Kier alpha value is -1.30. The van der Waals surface area contributed by atoms with Crippen LogP contribution in [0.1, 0.15) is 27.7 Å². The van der Waals surface area contributed by atoms with Gasteiger partial charge in [-0.3, -0.25) is 5.21 Å². The normalized spacial score (nSPS) is 11.8. The minimum absolute atomic E-state index is 0.0720. The van der Waals surface area contributed by atoms with Crippen molar-refractivity contribution in [3.05, 3.63) is 0 Å². The molecule has 0 aliphatic carbocycles. The molecule has 0 aliphatic heterocycles. The van der Waals surface area contributed by atoms with E-state index in [2.05, 4.69) is 9.98 Å². The number of hydrogen-bond acceptors (Lipinski definition) is 2. The van der Waals surface area contributed by atoms with Crippen LogP contribution in [0.25, 0.3) is 0 Å². The highest BCUT2D eigenvalue weighted by atomic mass is 16.5. The Morgan fingerprint density at radius 3 is 1.67 bits per heavy atom. The molecule has 0 saturated heterocycles. The molecule has 0 rings (SSSR count). The molecule has 0 saturated carbocycles. The quantitative estimate of drug-likeness (QED) is 0.461. The summed E-state index contributed by atoms with van der Waals surface area (Å²) in [6.07, 6.45) is 0. The van der Waals surface area contributed by atoms with E-state index in [1.807, 2.05) is 65.7 Å². The van der Waals surface area contributed by atoms with E-state index in [4.69, 9.17) is 0 Å². The Morgan fingerprint density at radius 1 is 0.944 bits per heavy atom. The Kier molecular flexibility index (Phi) is 6.68. The summed E-state index contributed by atoms with van der Waals surface area (Å²) < 4.78 is 0. The lowest BCUT2D eigenvalue weighted by molar-refractivity contribution is -0.0437. The molecule has 1 N–H and O–H groups in total. The number of rotatable bonds is 2. The third-order valence-corrected chi connectivity index (χ3v) is 2.07. The van der Waals surface area contributed by atoms with Gasteiger partial charge in [0.25, 0.3) is 0 Å². The predicted octanol–water partition coefficient (Wildman–Crippen LogP) is 1.33. The van der Waals surface area contributed by atoms with Crippen molar-refractivity contribution >= 4 is 11.9 Å². The highest BCUT2D eigenvalue weighted by Crippen LogP contribution is 2.02. The molecular formula is C12H27N5O. The summed E-state index contributed by atoms with van der Waals surface area (Å²) in [5.74, 6) is 1.06. The Bertz CT molecular complexity index is 298. The van der Waals surface area contributed by atoms with Gasteiger partial charge in [0.2, 0.25) is 11.9 Å². The summed E-state index contributed by atoms with van der Waals surface area (Å²) in [5, 5.41) is 11.1. The lowest BCUT2D eigenvalue weighted by Gasteiger charge is -2.26. The van der Waals surface area contributed by atoms with E-state index >= 15 is 0 Å². The lowest BCUT2D eigenvalue weighted by atomic mass is 10.4. The summed E-state index contributed by atoms with van der Waals surface area (Å²) in [6, 6.07) is -0.000418. The number of guanidine groups is 2. The van der Waals surface area contributed by atoms with Gasteiger partial charge in [-0.2, -0.15) is 4.99 Å². The maximum atomic E-state index is 10.0. The third-order valence-electron chi connectivity index (χ3n) is 2.07. The van der Waals surface area contributed by atoms with E-state index in [1.165, 1.54) is 0 Å². The van der Waals surface area contributed by atoms with Gasteiger partial charge in [0.15, 0.2) is 0 Å². The fourth-order valence-corrected chi connectivity index (χ4v) is 1.29. The molecule has 0 unspecified atom stereocenters. The first-order valence-electron chi connectivity index (χ1n) is 6.16. The zero-order chi connectivity index (χ0) is 14.5. The molecule has 0 heterocycles. The van der Waals surface area contributed by atoms with Crippen molar-refractivity contribution in [3.63, 3.8) is 0 Å². The molecule has 6 heteroatoms. The third kappa shape index (κ3) is 5.35. The zero-order valence-electron chi connectivity index (χ0n) is 12.8. The van der Waals surface area contributed by atoms with Gasteiger partial charge in [0.05, 0.1) is 6.04 Å². The Morgan fingerprint density at radius 2 is 1.39 bits per heavy atom. The van der Waals surface area contributed by atoms with Crippen LogP contribution in [0, 0.1) is 0 Å². The van der Waals surface area contributed by atoms with E-state index in [9.17, 15) is 5.21 Å². The molecule has 0 fully saturated rings. The SMILES string of the molecule is CC(C)N=C(N=C(N(C)C)N(C)C)N(O)C(C)C. The molecule has 0 aliphatic rings. The van der Waals surface area contributed by atoms with Gasteiger partial charge >= 0.3 is 0 Å². The van der Waals surface area contributed by atoms with Crippen molar-refractivity contribution in [2.75, 3.05) is 28.2 Å². The molecule has 0 aromatic heterocycles. The van der Waals surface area contributed by atoms with Crippen LogP contribution in [-0.2, 0) is 0 Å². The average Bonchev–Trinajstić information content (AvgIpc) is 2.21. The Labute approximate surface area is 111 Å². The first-order chi connectivity index (χ1) is 8.16. The van der Waals surface area contributed by atoms with E-state index in [0.717, 1.165) is 11.0 Å². The van der Waals surface area contributed by atoms with Gasteiger partial charge in [-0.15, -0.1) is 0 Å². The number of nitrogens with zero attached hydrogens (tertiary/aromatic N) is 5. The van der Waals surface area contributed by atoms with Crippen LogP contribution >= 0.6 is 0 Å². The van der Waals surface area contributed by atoms with Crippen molar-refractivity contribution in [2.45, 2.75) is 39.8 Å². The highest BCUT2D eigenvalue weighted by molar-refractivity contribution is 5.94. The second-order valence-electron chi connectivity index (χ2n) is 5.16. The van der Waals surface area contributed by atoms with Gasteiger partial charge < -0.3 is 9.80 Å². The van der Waals surface area contributed by atoms with Crippen molar-refractivity contribution in [1.82, 2.24) is 14.9 Å². The van der Waals surface area contributed by atoms with Crippen molar-refractivity contribution < 1.29 is 5.21 Å². The minimum Gasteiger partial charge on any atom is -0.349 e. The minimum atomic E-state index is -0.0724. The Balaban J connectivity index is 5.40. The van der Waals surface area contributed by atoms with Crippen molar-refractivity contribution in [1.29, 1.82) is 0 Å². The molecule has 0 radical (unpaired) electrons. The molecule has 6 nitrogen and oxygen atoms in total. The summed E-state index contributed by atoms with van der Waals surface area (Å²) in [7, 11) is 7.62. The number of aliphatic imine (C=N–C) groups is 2. The fourth-order valence-electron chi connectivity index (χ4n) is 1.29. The largest absolute Gasteiger partial charge is 0.349 e. The van der Waals surface area contributed by atoms with Crippen LogP contribution < -0.4 is 0 Å². The lowest BCUT2D eigenvalue weighted by Crippen LogP contribution is -2.40. The summed E-state index contributed by atoms with van der Waals surface area (Å²) in [5.41, 5.74) is 0. The molecule has 18 heavy (non-hydrogen) atoms. The van der Waals surface area contributed by atoms with Gasteiger partial charge in [0, 0.05) is 34.2 Å². The van der Waals surface area contributed by atoms with Gasteiger partial charge in [-0.05, 0) is 27.7 Å². The average molecular weight is 257 g/mol. The first kappa shape index (κ1) is 16.7. The van der Waals surface area contributed by atoms with Crippen LogP contribution in [0.15, 0.2) is 9.98 Å². The summed E-state index contributed by atoms with van der Waals surface area (Å²) >= 11 is 0. The van der Waals surface area contributed by atoms with Gasteiger partial charge in [-0.25, -0.2) is 10.1 Å². The highest BCUT2D eigenvalue weighted by Gasteiger charge is 2.15. The second kappa shape index (κ2) is 7.20. The van der Waals surface area contributed by atoms with Crippen LogP contribution in [-0.4, -0.2) is 72.3 Å². The molecule has 0 bridgehead atoms. The smallest absolute Gasteiger partial charge is 0.248 e. The standard InChI is InChI=1S/C12H27N5O/c1-9(2)13-11(17(18)10(3)4)14-12(15(5)6)16(7)8/h9-10,18H,1-8H3.